The van der Waals surface area contributed by atoms with Crippen molar-refractivity contribution in [1.29, 1.82) is 0 Å². The average Bonchev–Trinajstić information content (AvgIpc) is 2.57. The molecule has 18 heavy (non-hydrogen) atoms. The summed E-state index contributed by atoms with van der Waals surface area (Å²) < 4.78 is 0. The summed E-state index contributed by atoms with van der Waals surface area (Å²) in [6.07, 6.45) is 3.46. The van der Waals surface area contributed by atoms with E-state index in [4.69, 9.17) is 5.73 Å². The van der Waals surface area contributed by atoms with Gasteiger partial charge in [-0.2, -0.15) is 5.10 Å². The van der Waals surface area contributed by atoms with Crippen LogP contribution in [-0.2, 0) is 0 Å². The zero-order valence-corrected chi connectivity index (χ0v) is 11.2. The van der Waals surface area contributed by atoms with Gasteiger partial charge in [-0.25, -0.2) is 0 Å². The molecule has 1 aromatic rings. The van der Waals surface area contributed by atoms with Gasteiger partial charge < -0.3 is 16.0 Å². The van der Waals surface area contributed by atoms with Gasteiger partial charge in [0, 0.05) is 12.1 Å². The third kappa shape index (κ3) is 2.08. The maximum absolute atomic E-state index is 12.0. The van der Waals surface area contributed by atoms with Gasteiger partial charge in [-0.1, -0.05) is 0 Å². The van der Waals surface area contributed by atoms with E-state index in [9.17, 15) is 4.79 Å². The number of amides is 1. The van der Waals surface area contributed by atoms with Crippen molar-refractivity contribution in [3.63, 3.8) is 0 Å². The first-order valence-corrected chi connectivity index (χ1v) is 6.22. The van der Waals surface area contributed by atoms with Gasteiger partial charge in [0.05, 0.1) is 11.4 Å². The largest absolute Gasteiger partial charge is 0.395 e. The molecule has 0 unspecified atom stereocenters. The molecule has 0 radical (unpaired) electrons. The molecule has 4 N–H and O–H groups in total. The van der Waals surface area contributed by atoms with Gasteiger partial charge in [-0.3, -0.25) is 9.89 Å². The van der Waals surface area contributed by atoms with Crippen LogP contribution in [0.5, 0.6) is 0 Å². The Morgan fingerprint density at radius 1 is 1.56 bits per heavy atom. The highest BCUT2D eigenvalue weighted by Gasteiger charge is 2.39. The highest BCUT2D eigenvalue weighted by molar-refractivity contribution is 5.97. The van der Waals surface area contributed by atoms with Crippen LogP contribution in [0.2, 0.25) is 0 Å². The molecule has 1 heterocycles. The summed E-state index contributed by atoms with van der Waals surface area (Å²) in [4.78, 5) is 14.2. The fraction of sp³-hybridized carbons (Fsp3) is 0.667. The lowest BCUT2D eigenvalue weighted by atomic mass is 9.75. The first-order valence-electron chi connectivity index (χ1n) is 6.22. The average molecular weight is 251 g/mol. The highest BCUT2D eigenvalue weighted by Crippen LogP contribution is 2.35. The lowest BCUT2D eigenvalue weighted by Gasteiger charge is -2.47. The lowest BCUT2D eigenvalue weighted by Crippen LogP contribution is -2.57. The number of H-pyrrole nitrogens is 1. The Hall–Kier alpha value is -1.56. The molecule has 6 heteroatoms. The van der Waals surface area contributed by atoms with Gasteiger partial charge in [-0.15, -0.1) is 0 Å². The topological polar surface area (TPSA) is 87.0 Å². The van der Waals surface area contributed by atoms with E-state index in [-0.39, 0.29) is 11.4 Å². The zero-order valence-electron chi connectivity index (χ0n) is 11.2. The van der Waals surface area contributed by atoms with Gasteiger partial charge in [-0.05, 0) is 40.3 Å². The van der Waals surface area contributed by atoms with Crippen LogP contribution >= 0.6 is 0 Å². The van der Waals surface area contributed by atoms with Crippen LogP contribution in [-0.4, -0.2) is 47.2 Å². The summed E-state index contributed by atoms with van der Waals surface area (Å²) in [5, 5.41) is 9.58. The predicted octanol–water partition coefficient (Wildman–Crippen LogP) is 0.514. The molecule has 1 aromatic heterocycles. The van der Waals surface area contributed by atoms with Crippen molar-refractivity contribution in [3.8, 4) is 0 Å². The number of nitrogens with one attached hydrogen (secondary N) is 2. The minimum Gasteiger partial charge on any atom is -0.395 e. The molecule has 0 saturated heterocycles. The fourth-order valence-corrected chi connectivity index (χ4v) is 2.31. The Morgan fingerprint density at radius 2 is 2.22 bits per heavy atom. The Labute approximate surface area is 107 Å². The first kappa shape index (κ1) is 12.9. The first-order chi connectivity index (χ1) is 8.46. The predicted molar refractivity (Wildman–Crippen MR) is 70.3 cm³/mol. The normalized spacial score (nSPS) is 17.6. The molecule has 0 bridgehead atoms. The molecule has 2 rings (SSSR count). The maximum Gasteiger partial charge on any atom is 0.274 e. The second-order valence-corrected chi connectivity index (χ2v) is 5.27. The number of rotatable bonds is 4. The lowest BCUT2D eigenvalue weighted by molar-refractivity contribution is 0.0556. The van der Waals surface area contributed by atoms with Crippen LogP contribution in [0.15, 0.2) is 0 Å². The van der Waals surface area contributed by atoms with Crippen molar-refractivity contribution in [1.82, 2.24) is 20.4 Å². The number of nitrogen functional groups attached to an aromatic ring is 1. The smallest absolute Gasteiger partial charge is 0.274 e. The number of aryl methyl sites for hydroxylation is 1. The van der Waals surface area contributed by atoms with Crippen LogP contribution in [0.4, 0.5) is 5.69 Å². The minimum atomic E-state index is -0.204. The van der Waals surface area contributed by atoms with Gasteiger partial charge in [0.25, 0.3) is 5.91 Å². The SMILES string of the molecule is Cc1[nH]nc(C(=O)NCC2(N(C)C)CCC2)c1N. The molecule has 100 valence electrons. The monoisotopic (exact) mass is 251 g/mol. The fourth-order valence-electron chi connectivity index (χ4n) is 2.31. The summed E-state index contributed by atoms with van der Waals surface area (Å²) in [7, 11) is 4.11. The van der Waals surface area contributed by atoms with Crippen LogP contribution in [0.1, 0.15) is 35.4 Å². The van der Waals surface area contributed by atoms with E-state index < -0.39 is 0 Å². The maximum atomic E-state index is 12.0. The molecule has 1 amide bonds. The summed E-state index contributed by atoms with van der Waals surface area (Å²) >= 11 is 0. The van der Waals surface area contributed by atoms with Crippen molar-refractivity contribution < 1.29 is 4.79 Å². The van der Waals surface area contributed by atoms with Crippen LogP contribution < -0.4 is 11.1 Å². The molecular weight excluding hydrogens is 230 g/mol. The van der Waals surface area contributed by atoms with Crippen LogP contribution in [0.25, 0.3) is 0 Å². The third-order valence-electron chi connectivity index (χ3n) is 4.02. The van der Waals surface area contributed by atoms with Gasteiger partial charge in [0.1, 0.15) is 0 Å². The summed E-state index contributed by atoms with van der Waals surface area (Å²) in [5.41, 5.74) is 7.34. The van der Waals surface area contributed by atoms with E-state index in [1.54, 1.807) is 6.92 Å². The van der Waals surface area contributed by atoms with E-state index in [1.165, 1.54) is 6.42 Å². The number of nitrogens with two attached hydrogens (primary N) is 1. The van der Waals surface area contributed by atoms with E-state index >= 15 is 0 Å². The Bertz CT molecular complexity index is 447. The summed E-state index contributed by atoms with van der Waals surface area (Å²) in [6, 6.07) is 0. The Kier molecular flexibility index (Phi) is 3.30. The number of aromatic amines is 1. The van der Waals surface area contributed by atoms with Crippen LogP contribution in [0.3, 0.4) is 0 Å². The molecule has 0 atom stereocenters. The van der Waals surface area contributed by atoms with E-state index in [0.29, 0.717) is 17.9 Å². The summed E-state index contributed by atoms with van der Waals surface area (Å²) in [6.45, 7) is 2.44. The number of hydrogen-bond acceptors (Lipinski definition) is 4. The van der Waals surface area contributed by atoms with Gasteiger partial charge >= 0.3 is 0 Å². The molecule has 1 aliphatic rings. The van der Waals surface area contributed by atoms with Crippen molar-refractivity contribution >= 4 is 11.6 Å². The number of likely N-dealkylation sites (N-methyl/N-ethyl adjacent to an activating group) is 1. The Morgan fingerprint density at radius 3 is 2.61 bits per heavy atom. The number of anilines is 1. The standard InChI is InChI=1S/C12H21N5O/c1-8-9(13)10(16-15-8)11(18)14-7-12(17(2)3)5-4-6-12/h4-7,13H2,1-3H3,(H,14,18)(H,15,16). The number of carbonyl (C=O) groups is 1. The molecule has 6 nitrogen and oxygen atoms in total. The molecule has 1 fully saturated rings. The molecular formula is C12H21N5O. The molecule has 0 spiro atoms. The van der Waals surface area contributed by atoms with Gasteiger partial charge in [0.15, 0.2) is 5.69 Å². The number of hydrogen-bond donors (Lipinski definition) is 3. The van der Waals surface area contributed by atoms with E-state index in [0.717, 1.165) is 18.5 Å². The highest BCUT2D eigenvalue weighted by atomic mass is 16.2. The molecule has 1 aliphatic carbocycles. The molecule has 1 saturated carbocycles. The van der Waals surface area contributed by atoms with Crippen molar-refractivity contribution in [2.75, 3.05) is 26.4 Å². The second kappa shape index (κ2) is 4.61. The summed E-state index contributed by atoms with van der Waals surface area (Å²) in [5.74, 6) is -0.204. The van der Waals surface area contributed by atoms with E-state index in [2.05, 4.69) is 34.5 Å². The van der Waals surface area contributed by atoms with Gasteiger partial charge in [0.2, 0.25) is 0 Å². The number of carbonyl (C=O) groups excluding carboxylic acids is 1. The number of nitrogens with zero attached hydrogens (tertiary/aromatic N) is 2. The minimum absolute atomic E-state index is 0.107. The number of aromatic nitrogens is 2. The molecule has 0 aliphatic heterocycles. The Balaban J connectivity index is 1.98. The van der Waals surface area contributed by atoms with E-state index in [1.807, 2.05) is 0 Å². The van der Waals surface area contributed by atoms with Crippen LogP contribution in [0, 0.1) is 6.92 Å². The van der Waals surface area contributed by atoms with Crippen molar-refractivity contribution in [2.24, 2.45) is 0 Å². The quantitative estimate of drug-likeness (QED) is 0.728. The zero-order chi connectivity index (χ0) is 13.3. The third-order valence-corrected chi connectivity index (χ3v) is 4.02. The molecule has 0 aromatic carbocycles. The van der Waals surface area contributed by atoms with Crippen molar-refractivity contribution in [2.45, 2.75) is 31.7 Å². The van der Waals surface area contributed by atoms with Crippen molar-refractivity contribution in [3.05, 3.63) is 11.4 Å². The second-order valence-electron chi connectivity index (χ2n) is 5.27.